The molecule has 0 atom stereocenters. The molecule has 0 aliphatic carbocycles. The van der Waals surface area contributed by atoms with Crippen LogP contribution < -0.4 is 9.80 Å². The fraction of sp³-hybridized carbons (Fsp3) is 0. The summed E-state index contributed by atoms with van der Waals surface area (Å²) >= 11 is 0. The lowest BCUT2D eigenvalue weighted by atomic mass is 9.97. The van der Waals surface area contributed by atoms with Crippen molar-refractivity contribution in [1.82, 2.24) is 9.13 Å². The lowest BCUT2D eigenvalue weighted by molar-refractivity contribution is 1.17. The zero-order valence-corrected chi connectivity index (χ0v) is 54.9. The number of hydrogen-bond donors (Lipinski definition) is 0. The summed E-state index contributed by atoms with van der Waals surface area (Å²) in [6.07, 6.45) is 0. The molecule has 2 aromatic heterocycles. The molecule has 0 amide bonds. The zero-order valence-electron chi connectivity index (χ0n) is 54.9. The predicted octanol–water partition coefficient (Wildman–Crippen LogP) is 26.6. The second kappa shape index (κ2) is 25.7. The zero-order chi connectivity index (χ0) is 66.3. The topological polar surface area (TPSA) is 16.3 Å². The van der Waals surface area contributed by atoms with Crippen LogP contribution in [0.3, 0.4) is 0 Å². The van der Waals surface area contributed by atoms with Gasteiger partial charge < -0.3 is 18.9 Å². The molecule has 19 aromatic rings. The van der Waals surface area contributed by atoms with E-state index in [0.717, 1.165) is 45.5 Å². The molecule has 19 rings (SSSR count). The summed E-state index contributed by atoms with van der Waals surface area (Å²) in [7, 11) is 0. The molecule has 2 heterocycles. The van der Waals surface area contributed by atoms with Crippen LogP contribution in [0.4, 0.5) is 34.1 Å². The van der Waals surface area contributed by atoms with Gasteiger partial charge in [0.25, 0.3) is 0 Å². The van der Waals surface area contributed by atoms with Crippen LogP contribution in [0.5, 0.6) is 0 Å². The summed E-state index contributed by atoms with van der Waals surface area (Å²) in [6.45, 7) is 0. The van der Waals surface area contributed by atoms with Crippen molar-refractivity contribution in [2.45, 2.75) is 0 Å². The van der Waals surface area contributed by atoms with E-state index in [0.29, 0.717) is 0 Å². The fourth-order valence-electron chi connectivity index (χ4n) is 14.9. The van der Waals surface area contributed by atoms with E-state index in [2.05, 4.69) is 419 Å². The predicted molar refractivity (Wildman–Crippen MR) is 425 cm³/mol. The first-order valence-corrected chi connectivity index (χ1v) is 34.3. The minimum atomic E-state index is 1.10. The maximum absolute atomic E-state index is 2.38. The molecule has 17 aromatic carbocycles. The highest BCUT2D eigenvalue weighted by Crippen LogP contribution is 2.42. The van der Waals surface area contributed by atoms with Gasteiger partial charge in [0, 0.05) is 67.0 Å². The molecule has 0 aliphatic rings. The Kier molecular flexibility index (Phi) is 15.2. The number of anilines is 6. The van der Waals surface area contributed by atoms with Crippen LogP contribution in [-0.4, -0.2) is 9.13 Å². The summed E-state index contributed by atoms with van der Waals surface area (Å²) in [5.41, 5.74) is 23.4. The van der Waals surface area contributed by atoms with E-state index in [1.165, 1.54) is 120 Å². The van der Waals surface area contributed by atoms with Crippen LogP contribution in [0, 0.1) is 0 Å². The molecule has 4 nitrogen and oxygen atoms in total. The third kappa shape index (κ3) is 11.1. The smallest absolute Gasteiger partial charge is 0.0541 e. The van der Waals surface area contributed by atoms with Crippen LogP contribution in [0.25, 0.3) is 132 Å². The Bertz CT molecular complexity index is 6070. The van der Waals surface area contributed by atoms with Crippen LogP contribution >= 0.6 is 0 Å². The Balaban J connectivity index is 0.000000145. The Hall–Kier alpha value is -13.3. The highest BCUT2D eigenvalue weighted by Gasteiger charge is 2.19. The van der Waals surface area contributed by atoms with Crippen molar-refractivity contribution in [3.63, 3.8) is 0 Å². The number of rotatable bonds is 12. The first-order chi connectivity index (χ1) is 49.6. The first kappa shape index (κ1) is 59.2. The van der Waals surface area contributed by atoms with E-state index in [4.69, 9.17) is 0 Å². The van der Waals surface area contributed by atoms with Crippen LogP contribution in [0.1, 0.15) is 0 Å². The molecule has 0 saturated heterocycles. The van der Waals surface area contributed by atoms with Crippen LogP contribution in [0.15, 0.2) is 400 Å². The molecule has 0 fully saturated rings. The highest BCUT2D eigenvalue weighted by atomic mass is 15.1. The summed E-state index contributed by atoms with van der Waals surface area (Å²) in [6, 6.07) is 144. The van der Waals surface area contributed by atoms with Crippen molar-refractivity contribution < 1.29 is 0 Å². The summed E-state index contributed by atoms with van der Waals surface area (Å²) in [5.74, 6) is 0. The number of fused-ring (bicyclic) bond motifs is 10. The molecule has 4 heteroatoms. The molecule has 0 saturated carbocycles. The van der Waals surface area contributed by atoms with Gasteiger partial charge in [-0.1, -0.05) is 273 Å². The van der Waals surface area contributed by atoms with Gasteiger partial charge in [-0.15, -0.1) is 0 Å². The molecule has 100 heavy (non-hydrogen) atoms. The summed E-state index contributed by atoms with van der Waals surface area (Å²) in [5, 5.41) is 12.7. The van der Waals surface area contributed by atoms with Gasteiger partial charge in [0.1, 0.15) is 0 Å². The van der Waals surface area contributed by atoms with Crippen molar-refractivity contribution in [3.8, 4) is 55.9 Å². The second-order valence-electron chi connectivity index (χ2n) is 25.7. The third-order valence-corrected chi connectivity index (χ3v) is 19.7. The van der Waals surface area contributed by atoms with E-state index in [-0.39, 0.29) is 0 Å². The highest BCUT2D eigenvalue weighted by molar-refractivity contribution is 6.11. The number of aromatic nitrogens is 2. The molecule has 0 spiro atoms. The lowest BCUT2D eigenvalue weighted by Crippen LogP contribution is -2.10. The van der Waals surface area contributed by atoms with Crippen LogP contribution in [0.2, 0.25) is 0 Å². The number of nitrogens with zero attached hydrogens (tertiary/aromatic N) is 4. The van der Waals surface area contributed by atoms with Gasteiger partial charge in [-0.2, -0.15) is 0 Å². The minimum absolute atomic E-state index is 1.10. The summed E-state index contributed by atoms with van der Waals surface area (Å²) in [4.78, 5) is 4.68. The minimum Gasteiger partial charge on any atom is -0.311 e. The van der Waals surface area contributed by atoms with Crippen molar-refractivity contribution in [2.24, 2.45) is 0 Å². The van der Waals surface area contributed by atoms with Gasteiger partial charge in [-0.05, 0) is 204 Å². The molecule has 0 unspecified atom stereocenters. The average molecular weight is 1280 g/mol. The van der Waals surface area contributed by atoms with Gasteiger partial charge in [0.05, 0.1) is 22.1 Å². The van der Waals surface area contributed by atoms with E-state index >= 15 is 0 Å². The lowest BCUT2D eigenvalue weighted by Gasteiger charge is -2.26. The van der Waals surface area contributed by atoms with Gasteiger partial charge in [-0.25, -0.2) is 0 Å². The molecular weight excluding hydrogens is 1210 g/mol. The Morgan fingerprint density at radius 1 is 0.150 bits per heavy atom. The van der Waals surface area contributed by atoms with Crippen molar-refractivity contribution in [1.29, 1.82) is 0 Å². The van der Waals surface area contributed by atoms with Gasteiger partial charge in [0.15, 0.2) is 0 Å². The molecule has 0 N–H and O–H groups in total. The molecule has 0 radical (unpaired) electrons. The van der Waals surface area contributed by atoms with Gasteiger partial charge >= 0.3 is 0 Å². The average Bonchev–Trinajstić information content (AvgIpc) is 1.53. The number of hydrogen-bond acceptors (Lipinski definition) is 2. The van der Waals surface area contributed by atoms with Crippen molar-refractivity contribution in [3.05, 3.63) is 400 Å². The SMILES string of the molecule is c1ccc(-c2ccc(N(c3ccc(-c4ccc5ccccc5c4)cc3)c3cccc(-n4c5ccccc5c5ccccc54)c3)cc2)cc1.c1ccc(N(c2ccc(-c3ccc(-n4c5ccccc5c5ccccc54)cc3)cc2)c2ccc(-c3ccc4c(ccc5ccccc54)c3)cc2)cc1. The maximum atomic E-state index is 2.38. The monoisotopic (exact) mass is 1270 g/mol. The summed E-state index contributed by atoms with van der Waals surface area (Å²) < 4.78 is 4.75. The van der Waals surface area contributed by atoms with E-state index in [1.807, 2.05) is 0 Å². The normalized spacial score (nSPS) is 11.4. The van der Waals surface area contributed by atoms with Crippen molar-refractivity contribution in [2.75, 3.05) is 9.80 Å². The number of benzene rings is 17. The maximum Gasteiger partial charge on any atom is 0.0541 e. The Morgan fingerprint density at radius 2 is 0.460 bits per heavy atom. The van der Waals surface area contributed by atoms with E-state index < -0.39 is 0 Å². The largest absolute Gasteiger partial charge is 0.311 e. The fourth-order valence-corrected chi connectivity index (χ4v) is 14.9. The van der Waals surface area contributed by atoms with Gasteiger partial charge in [0.2, 0.25) is 0 Å². The van der Waals surface area contributed by atoms with Gasteiger partial charge in [-0.3, -0.25) is 0 Å². The molecule has 0 bridgehead atoms. The van der Waals surface area contributed by atoms with E-state index in [9.17, 15) is 0 Å². The van der Waals surface area contributed by atoms with Crippen molar-refractivity contribution >= 4 is 110 Å². The van der Waals surface area contributed by atoms with E-state index in [1.54, 1.807) is 0 Å². The van der Waals surface area contributed by atoms with Crippen LogP contribution in [-0.2, 0) is 0 Å². The molecular formula is C96H66N4. The first-order valence-electron chi connectivity index (χ1n) is 34.3. The molecule has 0 aliphatic heterocycles. The number of para-hydroxylation sites is 5. The standard InChI is InChI=1S/C50H34N2.C46H32N2/c1-2-11-41(12-3-1)51(43-29-24-37(25-30-43)39-26-33-46-40(34-39)19-18-38-10-4-5-13-45(38)46)42-27-20-35(21-28-42)36-22-31-44(32-23-36)52-49-16-8-6-14-47(49)48-15-7-9-17-50(48)52;1-2-11-33(12-3-1)35-23-27-39(28-24-35)47(40-29-25-36(26-30-40)38-22-21-34-13-4-5-14-37(34)31-38)41-15-10-16-42(32-41)48-45-19-8-6-17-43(45)44-18-7-9-20-46(44)48/h1-34H;1-32H. The third-order valence-electron chi connectivity index (χ3n) is 19.7. The Morgan fingerprint density at radius 3 is 0.970 bits per heavy atom. The Labute approximate surface area is 581 Å². The molecule has 470 valence electrons. The quantitative estimate of drug-likeness (QED) is 0.113. The second-order valence-corrected chi connectivity index (χ2v) is 25.7.